The van der Waals surface area contributed by atoms with E-state index in [1.807, 2.05) is 0 Å². The van der Waals surface area contributed by atoms with E-state index in [0.29, 0.717) is 55.5 Å². The van der Waals surface area contributed by atoms with Crippen LogP contribution >= 0.6 is 0 Å². The van der Waals surface area contributed by atoms with E-state index in [1.165, 1.54) is 7.11 Å². The molecule has 0 amide bonds. The molecule has 1 fully saturated rings. The standard InChI is InChI=1S/C28H31F3N2O5/c1-37-20-2-3-24-22(15-20)27(23(31)17-32-24)25(34)4-5-28(16-26(35)36)6-8-33(9-7-28)10-11-38-21-13-18(29)12-19(30)14-21/h2-3,12-15,17,25,34H,4-11,16H2,1H3,(H,35,36)/t25-/m1/s1. The maximum absolute atomic E-state index is 14.8. The van der Waals surface area contributed by atoms with Crippen molar-refractivity contribution in [2.24, 2.45) is 5.41 Å². The van der Waals surface area contributed by atoms with Gasteiger partial charge in [0.1, 0.15) is 35.6 Å². The zero-order valence-electron chi connectivity index (χ0n) is 21.1. The molecule has 0 saturated carbocycles. The molecule has 1 aliphatic rings. The number of benzene rings is 2. The van der Waals surface area contributed by atoms with Crippen LogP contribution in [0.3, 0.4) is 0 Å². The van der Waals surface area contributed by atoms with Crippen molar-refractivity contribution >= 4 is 16.9 Å². The van der Waals surface area contributed by atoms with Crippen LogP contribution in [-0.2, 0) is 4.79 Å². The summed E-state index contributed by atoms with van der Waals surface area (Å²) in [5, 5.41) is 21.1. The predicted molar refractivity (Wildman–Crippen MR) is 135 cm³/mol. The lowest BCUT2D eigenvalue weighted by Gasteiger charge is -2.41. The number of likely N-dealkylation sites (tertiary alicyclic amines) is 1. The number of rotatable bonds is 11. The number of nitrogens with zero attached hydrogens (tertiary/aromatic N) is 2. The molecule has 0 unspecified atom stereocenters. The maximum Gasteiger partial charge on any atom is 0.303 e. The topological polar surface area (TPSA) is 92.1 Å². The Hall–Kier alpha value is -3.37. The summed E-state index contributed by atoms with van der Waals surface area (Å²) in [5.74, 6) is -2.34. The van der Waals surface area contributed by atoms with E-state index in [1.54, 1.807) is 18.2 Å². The highest BCUT2D eigenvalue weighted by Crippen LogP contribution is 2.42. The number of carboxylic acid groups (broad SMARTS) is 1. The van der Waals surface area contributed by atoms with Crippen molar-refractivity contribution in [3.63, 3.8) is 0 Å². The number of aromatic nitrogens is 1. The van der Waals surface area contributed by atoms with Crippen molar-refractivity contribution in [3.05, 3.63) is 65.6 Å². The Balaban J connectivity index is 1.38. The van der Waals surface area contributed by atoms with E-state index in [9.17, 15) is 28.2 Å². The van der Waals surface area contributed by atoms with Crippen LogP contribution in [0, 0.1) is 22.9 Å². The summed E-state index contributed by atoms with van der Waals surface area (Å²) in [4.78, 5) is 17.9. The third kappa shape index (κ3) is 6.73. The first-order valence-electron chi connectivity index (χ1n) is 12.5. The van der Waals surface area contributed by atoms with Gasteiger partial charge < -0.3 is 19.7 Å². The zero-order valence-corrected chi connectivity index (χ0v) is 21.1. The van der Waals surface area contributed by atoms with Gasteiger partial charge in [0, 0.05) is 35.7 Å². The lowest BCUT2D eigenvalue weighted by atomic mass is 9.71. The summed E-state index contributed by atoms with van der Waals surface area (Å²) in [6.07, 6.45) is 1.63. The van der Waals surface area contributed by atoms with Crippen molar-refractivity contribution < 1.29 is 37.7 Å². The van der Waals surface area contributed by atoms with Gasteiger partial charge in [-0.15, -0.1) is 0 Å². The monoisotopic (exact) mass is 532 g/mol. The summed E-state index contributed by atoms with van der Waals surface area (Å²) in [6.45, 7) is 1.95. The summed E-state index contributed by atoms with van der Waals surface area (Å²) < 4.78 is 52.2. The lowest BCUT2D eigenvalue weighted by Crippen LogP contribution is -2.42. The van der Waals surface area contributed by atoms with E-state index in [2.05, 4.69) is 9.88 Å². The van der Waals surface area contributed by atoms with Crippen LogP contribution < -0.4 is 9.47 Å². The molecule has 0 aliphatic carbocycles. The number of aliphatic hydroxyl groups excluding tert-OH is 1. The Morgan fingerprint density at radius 3 is 2.47 bits per heavy atom. The Morgan fingerprint density at radius 2 is 1.82 bits per heavy atom. The van der Waals surface area contributed by atoms with Crippen molar-refractivity contribution in [1.82, 2.24) is 9.88 Å². The average Bonchev–Trinajstić information content (AvgIpc) is 2.87. The molecule has 1 atom stereocenters. The number of pyridine rings is 1. The van der Waals surface area contributed by atoms with Gasteiger partial charge in [-0.2, -0.15) is 0 Å². The van der Waals surface area contributed by atoms with E-state index in [-0.39, 0.29) is 30.8 Å². The fraction of sp³-hybridized carbons (Fsp3) is 0.429. The van der Waals surface area contributed by atoms with Gasteiger partial charge in [0.15, 0.2) is 0 Å². The first kappa shape index (κ1) is 27.7. The van der Waals surface area contributed by atoms with Crippen LogP contribution in [0.4, 0.5) is 13.2 Å². The minimum absolute atomic E-state index is 0.0555. The minimum Gasteiger partial charge on any atom is -0.497 e. The highest BCUT2D eigenvalue weighted by atomic mass is 19.1. The molecule has 204 valence electrons. The number of aliphatic hydroxyl groups is 1. The first-order chi connectivity index (χ1) is 18.2. The number of ether oxygens (including phenoxy) is 2. The molecule has 7 nitrogen and oxygen atoms in total. The third-order valence-corrected chi connectivity index (χ3v) is 7.30. The second-order valence-corrected chi connectivity index (χ2v) is 9.82. The van der Waals surface area contributed by atoms with Crippen LogP contribution in [-0.4, -0.2) is 59.4 Å². The van der Waals surface area contributed by atoms with Gasteiger partial charge in [-0.3, -0.25) is 14.7 Å². The van der Waals surface area contributed by atoms with Crippen LogP contribution in [0.25, 0.3) is 10.9 Å². The highest BCUT2D eigenvalue weighted by Gasteiger charge is 2.37. The second-order valence-electron chi connectivity index (χ2n) is 9.82. The van der Waals surface area contributed by atoms with Gasteiger partial charge in [-0.1, -0.05) is 0 Å². The van der Waals surface area contributed by atoms with E-state index < -0.39 is 34.9 Å². The molecule has 2 heterocycles. The number of methoxy groups -OCH3 is 1. The van der Waals surface area contributed by atoms with Gasteiger partial charge in [0.05, 0.1) is 31.3 Å². The Labute approximate surface area is 218 Å². The SMILES string of the molecule is COc1ccc2ncc(F)c([C@H](O)CCC3(CC(=O)O)CCN(CCOc4cc(F)cc(F)c4)CC3)c2c1. The number of halogens is 3. The van der Waals surface area contributed by atoms with Gasteiger partial charge in [0.25, 0.3) is 0 Å². The number of piperidine rings is 1. The molecular formula is C28H31F3N2O5. The van der Waals surface area contributed by atoms with Crippen molar-refractivity contribution in [1.29, 1.82) is 0 Å². The Kier molecular flexibility index (Phi) is 8.73. The summed E-state index contributed by atoms with van der Waals surface area (Å²) in [7, 11) is 1.50. The maximum atomic E-state index is 14.8. The number of aliphatic carboxylic acids is 1. The Bertz CT molecular complexity index is 1260. The van der Waals surface area contributed by atoms with Crippen molar-refractivity contribution in [2.75, 3.05) is 33.4 Å². The molecule has 2 N–H and O–H groups in total. The molecule has 10 heteroatoms. The smallest absolute Gasteiger partial charge is 0.303 e. The molecule has 0 bridgehead atoms. The minimum atomic E-state index is -1.14. The van der Waals surface area contributed by atoms with Gasteiger partial charge >= 0.3 is 5.97 Å². The van der Waals surface area contributed by atoms with Gasteiger partial charge in [0.2, 0.25) is 0 Å². The number of hydrogen-bond donors (Lipinski definition) is 2. The van der Waals surface area contributed by atoms with E-state index >= 15 is 0 Å². The molecule has 2 aromatic carbocycles. The number of carbonyl (C=O) groups is 1. The largest absolute Gasteiger partial charge is 0.497 e. The van der Waals surface area contributed by atoms with Gasteiger partial charge in [-0.25, -0.2) is 13.2 Å². The van der Waals surface area contributed by atoms with Crippen LogP contribution in [0.1, 0.15) is 43.8 Å². The van der Waals surface area contributed by atoms with E-state index in [4.69, 9.17) is 9.47 Å². The summed E-state index contributed by atoms with van der Waals surface area (Å²) >= 11 is 0. The predicted octanol–water partition coefficient (Wildman–Crippen LogP) is 5.11. The van der Waals surface area contributed by atoms with E-state index in [0.717, 1.165) is 24.4 Å². The summed E-state index contributed by atoms with van der Waals surface area (Å²) in [6, 6.07) is 8.05. The van der Waals surface area contributed by atoms with Crippen molar-refractivity contribution in [2.45, 2.75) is 38.2 Å². The molecule has 38 heavy (non-hydrogen) atoms. The third-order valence-electron chi connectivity index (χ3n) is 7.30. The first-order valence-corrected chi connectivity index (χ1v) is 12.5. The van der Waals surface area contributed by atoms with Gasteiger partial charge in [-0.05, 0) is 62.4 Å². The fourth-order valence-corrected chi connectivity index (χ4v) is 5.21. The molecule has 1 aromatic heterocycles. The number of hydrogen-bond acceptors (Lipinski definition) is 6. The molecule has 1 saturated heterocycles. The van der Waals surface area contributed by atoms with Crippen LogP contribution in [0.2, 0.25) is 0 Å². The van der Waals surface area contributed by atoms with Crippen LogP contribution in [0.5, 0.6) is 11.5 Å². The second kappa shape index (κ2) is 12.0. The molecule has 4 rings (SSSR count). The number of carboxylic acids is 1. The molecule has 0 radical (unpaired) electrons. The molecule has 3 aromatic rings. The quantitative estimate of drug-likeness (QED) is 0.355. The zero-order chi connectivity index (χ0) is 27.3. The average molecular weight is 533 g/mol. The normalized spacial score (nSPS) is 16.3. The summed E-state index contributed by atoms with van der Waals surface area (Å²) in [5.41, 5.74) is 0.105. The molecule has 0 spiro atoms. The Morgan fingerprint density at radius 1 is 1.11 bits per heavy atom. The lowest BCUT2D eigenvalue weighted by molar-refractivity contribution is -0.141. The van der Waals surface area contributed by atoms with Crippen LogP contribution in [0.15, 0.2) is 42.6 Å². The highest BCUT2D eigenvalue weighted by molar-refractivity contribution is 5.84. The fourth-order valence-electron chi connectivity index (χ4n) is 5.21. The molecule has 1 aliphatic heterocycles. The number of fused-ring (bicyclic) bond motifs is 1. The van der Waals surface area contributed by atoms with Crippen molar-refractivity contribution in [3.8, 4) is 11.5 Å². The molecular weight excluding hydrogens is 501 g/mol.